The van der Waals surface area contributed by atoms with Crippen molar-refractivity contribution in [2.24, 2.45) is 5.92 Å². The number of fused-ring (bicyclic) bond motifs is 3. The van der Waals surface area contributed by atoms with Crippen LogP contribution in [0.4, 0.5) is 19.0 Å². The molecule has 0 bridgehead atoms. The van der Waals surface area contributed by atoms with Crippen LogP contribution in [-0.2, 0) is 11.2 Å². The molecule has 2 aliphatic rings. The summed E-state index contributed by atoms with van der Waals surface area (Å²) in [7, 11) is 0. The van der Waals surface area contributed by atoms with E-state index in [-0.39, 0.29) is 11.7 Å². The summed E-state index contributed by atoms with van der Waals surface area (Å²) in [5.41, 5.74) is 3.31. The number of carbonyl (C=O) groups excluding carboxylic acids is 1. The summed E-state index contributed by atoms with van der Waals surface area (Å²) in [6.45, 7) is 1.38. The third kappa shape index (κ3) is 2.82. The first-order chi connectivity index (χ1) is 13.9. The molecule has 1 aromatic carbocycles. The summed E-state index contributed by atoms with van der Waals surface area (Å²) in [6.07, 6.45) is 2.41. The van der Waals surface area contributed by atoms with Gasteiger partial charge in [-0.1, -0.05) is 0 Å². The number of amides is 1. The highest BCUT2D eigenvalue weighted by Crippen LogP contribution is 2.63. The van der Waals surface area contributed by atoms with E-state index < -0.39 is 17.9 Å². The lowest BCUT2D eigenvalue weighted by Gasteiger charge is -2.13. The fourth-order valence-corrected chi connectivity index (χ4v) is 4.24. The molecule has 5 nitrogen and oxygen atoms in total. The van der Waals surface area contributed by atoms with E-state index in [4.69, 9.17) is 0 Å². The molecular formula is C21H17F3N4O. The molecule has 1 amide bonds. The van der Waals surface area contributed by atoms with Crippen LogP contribution in [0.25, 0.3) is 22.4 Å². The molecule has 148 valence electrons. The standard InChI is InChI=1S/C21H17F3N4O/c1-11(29)26-17-10-13(8-9-25-17)18-16-7-6-15-20(21(15,23)24)28(16)27-19(18)12-2-4-14(22)5-3-12/h2-5,8-10,15,20H,6-7H2,1H3,(H,25,26,29)/t15-,20+/m1/s1. The van der Waals surface area contributed by atoms with Gasteiger partial charge in [-0.2, -0.15) is 5.10 Å². The van der Waals surface area contributed by atoms with E-state index in [0.717, 1.165) is 5.69 Å². The van der Waals surface area contributed by atoms with E-state index in [9.17, 15) is 18.0 Å². The smallest absolute Gasteiger partial charge is 0.275 e. The molecule has 0 spiro atoms. The number of rotatable bonds is 3. The zero-order valence-corrected chi connectivity index (χ0v) is 15.5. The average Bonchev–Trinajstić information content (AvgIpc) is 3.06. The molecular weight excluding hydrogens is 381 g/mol. The van der Waals surface area contributed by atoms with Crippen molar-refractivity contribution in [2.45, 2.75) is 31.7 Å². The zero-order chi connectivity index (χ0) is 20.3. The van der Waals surface area contributed by atoms with Gasteiger partial charge in [-0.25, -0.2) is 18.2 Å². The molecule has 1 aliphatic carbocycles. The Hall–Kier alpha value is -3.16. The molecule has 0 radical (unpaired) electrons. The lowest BCUT2D eigenvalue weighted by molar-refractivity contribution is -0.114. The molecule has 5 rings (SSSR count). The molecule has 3 aromatic rings. The van der Waals surface area contributed by atoms with Crippen LogP contribution in [-0.4, -0.2) is 26.6 Å². The van der Waals surface area contributed by atoms with Gasteiger partial charge < -0.3 is 5.32 Å². The minimum absolute atomic E-state index is 0.258. The highest BCUT2D eigenvalue weighted by Gasteiger charge is 2.71. The molecule has 1 fully saturated rings. The first kappa shape index (κ1) is 17.9. The van der Waals surface area contributed by atoms with E-state index in [1.807, 2.05) is 0 Å². The molecule has 1 N–H and O–H groups in total. The lowest BCUT2D eigenvalue weighted by atomic mass is 9.96. The highest BCUT2D eigenvalue weighted by molar-refractivity contribution is 5.89. The topological polar surface area (TPSA) is 59.8 Å². The highest BCUT2D eigenvalue weighted by atomic mass is 19.3. The Kier molecular flexibility index (Phi) is 3.81. The lowest BCUT2D eigenvalue weighted by Crippen LogP contribution is -2.11. The summed E-state index contributed by atoms with van der Waals surface area (Å²) >= 11 is 0. The Morgan fingerprint density at radius 1 is 1.21 bits per heavy atom. The van der Waals surface area contributed by atoms with Crippen LogP contribution in [0.5, 0.6) is 0 Å². The van der Waals surface area contributed by atoms with E-state index in [1.54, 1.807) is 30.5 Å². The number of aromatic nitrogens is 3. The first-order valence-corrected chi connectivity index (χ1v) is 9.35. The minimum Gasteiger partial charge on any atom is -0.311 e. The predicted molar refractivity (Wildman–Crippen MR) is 101 cm³/mol. The molecule has 0 saturated heterocycles. The molecule has 1 aliphatic heterocycles. The Morgan fingerprint density at radius 2 is 1.97 bits per heavy atom. The van der Waals surface area contributed by atoms with Gasteiger partial charge in [0.2, 0.25) is 5.91 Å². The Labute approximate surface area is 164 Å². The molecule has 2 atom stereocenters. The summed E-state index contributed by atoms with van der Waals surface area (Å²) in [4.78, 5) is 15.5. The maximum absolute atomic E-state index is 14.2. The quantitative estimate of drug-likeness (QED) is 0.709. The van der Waals surface area contributed by atoms with Crippen LogP contribution in [0.2, 0.25) is 0 Å². The fourth-order valence-electron chi connectivity index (χ4n) is 4.24. The van der Waals surface area contributed by atoms with Crippen molar-refractivity contribution in [3.05, 3.63) is 54.1 Å². The van der Waals surface area contributed by atoms with Gasteiger partial charge in [0.15, 0.2) is 0 Å². The summed E-state index contributed by atoms with van der Waals surface area (Å²) in [5.74, 6) is -3.72. The number of benzene rings is 1. The van der Waals surface area contributed by atoms with Crippen molar-refractivity contribution in [3.63, 3.8) is 0 Å². The number of nitrogens with one attached hydrogen (secondary N) is 1. The van der Waals surface area contributed by atoms with Crippen LogP contribution in [0.3, 0.4) is 0 Å². The second-order valence-corrected chi connectivity index (χ2v) is 7.50. The van der Waals surface area contributed by atoms with Crippen molar-refractivity contribution < 1.29 is 18.0 Å². The predicted octanol–water partition coefficient (Wildman–Crippen LogP) is 4.46. The number of anilines is 1. The molecule has 29 heavy (non-hydrogen) atoms. The van der Waals surface area contributed by atoms with Crippen LogP contribution >= 0.6 is 0 Å². The van der Waals surface area contributed by atoms with Crippen LogP contribution in [0.1, 0.15) is 25.1 Å². The number of halogens is 3. The van der Waals surface area contributed by atoms with E-state index in [2.05, 4.69) is 15.4 Å². The Bertz CT molecular complexity index is 1120. The first-order valence-electron chi connectivity index (χ1n) is 9.35. The fraction of sp³-hybridized carbons (Fsp3) is 0.286. The number of pyridine rings is 1. The normalized spacial score (nSPS) is 21.2. The number of hydrogen-bond donors (Lipinski definition) is 1. The van der Waals surface area contributed by atoms with Crippen molar-refractivity contribution >= 4 is 11.7 Å². The van der Waals surface area contributed by atoms with Gasteiger partial charge in [-0.05, 0) is 54.8 Å². The molecule has 8 heteroatoms. The third-order valence-electron chi connectivity index (χ3n) is 5.60. The van der Waals surface area contributed by atoms with Crippen LogP contribution < -0.4 is 5.32 Å². The monoisotopic (exact) mass is 398 g/mol. The maximum atomic E-state index is 14.2. The molecule has 2 aromatic heterocycles. The van der Waals surface area contributed by atoms with Crippen molar-refractivity contribution in [1.82, 2.24) is 14.8 Å². The number of carbonyl (C=O) groups is 1. The van der Waals surface area contributed by atoms with E-state index >= 15 is 0 Å². The summed E-state index contributed by atoms with van der Waals surface area (Å²) in [5, 5.41) is 7.18. The molecule has 0 unspecified atom stereocenters. The van der Waals surface area contributed by atoms with E-state index in [0.29, 0.717) is 41.0 Å². The van der Waals surface area contributed by atoms with Crippen molar-refractivity contribution in [3.8, 4) is 22.4 Å². The number of alkyl halides is 2. The van der Waals surface area contributed by atoms with E-state index in [1.165, 1.54) is 23.7 Å². The summed E-state index contributed by atoms with van der Waals surface area (Å²) in [6, 6.07) is 8.34. The Morgan fingerprint density at radius 3 is 2.69 bits per heavy atom. The van der Waals surface area contributed by atoms with Gasteiger partial charge in [-0.3, -0.25) is 9.48 Å². The van der Waals surface area contributed by atoms with Crippen LogP contribution in [0, 0.1) is 11.7 Å². The number of nitrogens with zero attached hydrogens (tertiary/aromatic N) is 3. The molecule has 3 heterocycles. The Balaban J connectivity index is 1.70. The van der Waals surface area contributed by atoms with Gasteiger partial charge in [0, 0.05) is 29.9 Å². The zero-order valence-electron chi connectivity index (χ0n) is 15.5. The van der Waals surface area contributed by atoms with Gasteiger partial charge in [0.1, 0.15) is 23.4 Å². The maximum Gasteiger partial charge on any atom is 0.275 e. The van der Waals surface area contributed by atoms with Crippen molar-refractivity contribution in [2.75, 3.05) is 5.32 Å². The van der Waals surface area contributed by atoms with Gasteiger partial charge in [0.05, 0.1) is 5.92 Å². The van der Waals surface area contributed by atoms with Crippen LogP contribution in [0.15, 0.2) is 42.6 Å². The SMILES string of the molecule is CC(=O)Nc1cc(-c2c(-c3ccc(F)cc3)nn3c2CC[C@@H]2[C@H]3C2(F)F)ccn1. The third-order valence-corrected chi connectivity index (χ3v) is 5.60. The van der Waals surface area contributed by atoms with Gasteiger partial charge >= 0.3 is 0 Å². The largest absolute Gasteiger partial charge is 0.311 e. The van der Waals surface area contributed by atoms with Gasteiger partial charge in [-0.15, -0.1) is 0 Å². The summed E-state index contributed by atoms with van der Waals surface area (Å²) < 4.78 is 43.3. The van der Waals surface area contributed by atoms with Crippen molar-refractivity contribution in [1.29, 1.82) is 0 Å². The van der Waals surface area contributed by atoms with Gasteiger partial charge in [0.25, 0.3) is 5.92 Å². The average molecular weight is 398 g/mol. The molecule has 1 saturated carbocycles. The second-order valence-electron chi connectivity index (χ2n) is 7.50. The number of hydrogen-bond acceptors (Lipinski definition) is 3. The second kappa shape index (κ2) is 6.17. The minimum atomic E-state index is -2.76.